The molecule has 0 N–H and O–H groups in total. The van der Waals surface area contributed by atoms with Gasteiger partial charge in [-0.05, 0) is 24.6 Å². The third kappa shape index (κ3) is 6.74. The molecule has 0 spiro atoms. The Hall–Kier alpha value is -0.0831. The summed E-state index contributed by atoms with van der Waals surface area (Å²) in [4.78, 5) is 0. The second-order valence-corrected chi connectivity index (χ2v) is 10.1. The summed E-state index contributed by atoms with van der Waals surface area (Å²) in [5, 5.41) is 0. The molecule has 0 aliphatic carbocycles. The molecule has 1 unspecified atom stereocenters. The Kier molecular flexibility index (Phi) is 10.8. The van der Waals surface area contributed by atoms with Crippen LogP contribution in [0.2, 0.25) is 18.1 Å². The largest absolute Gasteiger partial charge is 0.411 e. The van der Waals surface area contributed by atoms with Gasteiger partial charge in [-0.25, -0.2) is 0 Å². The third-order valence-electron chi connectivity index (χ3n) is 4.19. The van der Waals surface area contributed by atoms with Crippen molar-refractivity contribution in [1.29, 1.82) is 0 Å². The zero-order chi connectivity index (χ0) is 13.9. The summed E-state index contributed by atoms with van der Waals surface area (Å²) < 4.78 is 6.46. The van der Waals surface area contributed by atoms with Crippen LogP contribution in [0.5, 0.6) is 0 Å². The van der Waals surface area contributed by atoms with Gasteiger partial charge in [0.15, 0.2) is 8.32 Å². The minimum Gasteiger partial charge on any atom is -0.411 e. The smallest absolute Gasteiger partial charge is 0.192 e. The Balaban J connectivity index is 4.04. The number of unbranched alkanes of at least 4 members (excludes halogenated alkanes) is 4. The summed E-state index contributed by atoms with van der Waals surface area (Å²) >= 11 is 0. The van der Waals surface area contributed by atoms with E-state index in [1.165, 1.54) is 56.7 Å². The zero-order valence-electron chi connectivity index (χ0n) is 13.1. The molecule has 0 fully saturated rings. The number of hydrogen-bond acceptors (Lipinski definition) is 1. The van der Waals surface area contributed by atoms with Crippen molar-refractivity contribution in [2.45, 2.75) is 90.5 Å². The van der Waals surface area contributed by atoms with Crippen molar-refractivity contribution in [3.8, 4) is 0 Å². The van der Waals surface area contributed by atoms with Gasteiger partial charge in [0.25, 0.3) is 0 Å². The zero-order valence-corrected chi connectivity index (χ0v) is 14.1. The van der Waals surface area contributed by atoms with E-state index in [4.69, 9.17) is 4.43 Å². The Labute approximate surface area is 116 Å². The molecule has 0 radical (unpaired) electrons. The molecular formula is C16H34OSi. The molecule has 2 heteroatoms. The van der Waals surface area contributed by atoms with Gasteiger partial charge >= 0.3 is 0 Å². The van der Waals surface area contributed by atoms with E-state index >= 15 is 0 Å². The molecule has 0 bridgehead atoms. The monoisotopic (exact) mass is 270 g/mol. The first-order valence-electron chi connectivity index (χ1n) is 7.98. The topological polar surface area (TPSA) is 9.23 Å². The molecule has 0 heterocycles. The molecule has 0 saturated heterocycles. The van der Waals surface area contributed by atoms with Crippen LogP contribution < -0.4 is 0 Å². The van der Waals surface area contributed by atoms with Crippen molar-refractivity contribution in [1.82, 2.24) is 0 Å². The molecule has 0 aliphatic heterocycles. The lowest BCUT2D eigenvalue weighted by atomic mass is 10.1. The van der Waals surface area contributed by atoms with E-state index in [2.05, 4.69) is 34.3 Å². The maximum atomic E-state index is 6.46. The predicted molar refractivity (Wildman–Crippen MR) is 85.6 cm³/mol. The molecule has 1 atom stereocenters. The molecule has 0 aromatic rings. The van der Waals surface area contributed by atoms with Gasteiger partial charge in [-0.2, -0.15) is 0 Å². The fraction of sp³-hybridized carbons (Fsp3) is 0.875. The third-order valence-corrected chi connectivity index (χ3v) is 8.86. The van der Waals surface area contributed by atoms with Gasteiger partial charge < -0.3 is 4.43 Å². The summed E-state index contributed by atoms with van der Waals surface area (Å²) in [6.45, 7) is 13.1. The summed E-state index contributed by atoms with van der Waals surface area (Å²) in [5.74, 6) is 0. The van der Waals surface area contributed by atoms with Crippen LogP contribution in [-0.2, 0) is 4.43 Å². The summed E-state index contributed by atoms with van der Waals surface area (Å²) in [7, 11) is -1.45. The van der Waals surface area contributed by atoms with Crippen molar-refractivity contribution < 1.29 is 4.43 Å². The highest BCUT2D eigenvalue weighted by atomic mass is 28.4. The fourth-order valence-electron chi connectivity index (χ4n) is 2.50. The van der Waals surface area contributed by atoms with Crippen LogP contribution in [-0.4, -0.2) is 14.4 Å². The minimum atomic E-state index is -1.45. The van der Waals surface area contributed by atoms with Gasteiger partial charge in [0.1, 0.15) is 0 Å². The van der Waals surface area contributed by atoms with Gasteiger partial charge in [0.05, 0.1) is 6.10 Å². The second-order valence-electron chi connectivity index (χ2n) is 5.34. The lowest BCUT2D eigenvalue weighted by Crippen LogP contribution is -2.39. The molecule has 108 valence electrons. The van der Waals surface area contributed by atoms with Crippen LogP contribution in [0, 0.1) is 0 Å². The SMILES string of the molecule is C=CC(CCCCCCC)O[Si](CC)(CC)CC. The highest BCUT2D eigenvalue weighted by Gasteiger charge is 2.30. The van der Waals surface area contributed by atoms with Crippen LogP contribution in [0.15, 0.2) is 12.7 Å². The Morgan fingerprint density at radius 3 is 1.94 bits per heavy atom. The first kappa shape index (κ1) is 17.9. The normalized spacial score (nSPS) is 13.6. The van der Waals surface area contributed by atoms with E-state index in [1.807, 2.05) is 6.08 Å². The average molecular weight is 271 g/mol. The molecular weight excluding hydrogens is 236 g/mol. The maximum Gasteiger partial charge on any atom is 0.192 e. The molecule has 0 saturated carbocycles. The van der Waals surface area contributed by atoms with Crippen molar-refractivity contribution in [3.63, 3.8) is 0 Å². The highest BCUT2D eigenvalue weighted by molar-refractivity contribution is 6.73. The van der Waals surface area contributed by atoms with E-state index in [0.29, 0.717) is 6.10 Å². The van der Waals surface area contributed by atoms with Gasteiger partial charge in [0.2, 0.25) is 0 Å². The molecule has 0 aromatic carbocycles. The average Bonchev–Trinajstić information content (AvgIpc) is 2.43. The van der Waals surface area contributed by atoms with Crippen molar-refractivity contribution in [2.24, 2.45) is 0 Å². The quantitative estimate of drug-likeness (QED) is 0.243. The van der Waals surface area contributed by atoms with Gasteiger partial charge in [-0.15, -0.1) is 6.58 Å². The van der Waals surface area contributed by atoms with Crippen LogP contribution >= 0.6 is 0 Å². The second kappa shape index (κ2) is 10.8. The molecule has 0 amide bonds. The summed E-state index contributed by atoms with van der Waals surface area (Å²) in [6, 6.07) is 3.71. The molecule has 0 aliphatic rings. The lowest BCUT2D eigenvalue weighted by molar-refractivity contribution is 0.218. The van der Waals surface area contributed by atoms with Gasteiger partial charge in [-0.1, -0.05) is 65.9 Å². The summed E-state index contributed by atoms with van der Waals surface area (Å²) in [5.41, 5.74) is 0. The van der Waals surface area contributed by atoms with Crippen molar-refractivity contribution >= 4 is 8.32 Å². The van der Waals surface area contributed by atoms with E-state index in [1.54, 1.807) is 0 Å². The summed E-state index contributed by atoms with van der Waals surface area (Å²) in [6.07, 6.45) is 10.2. The number of rotatable bonds is 12. The van der Waals surface area contributed by atoms with Crippen LogP contribution in [0.1, 0.15) is 66.2 Å². The van der Waals surface area contributed by atoms with E-state index in [0.717, 1.165) is 0 Å². The van der Waals surface area contributed by atoms with Crippen molar-refractivity contribution in [3.05, 3.63) is 12.7 Å². The maximum absolute atomic E-state index is 6.46. The first-order valence-corrected chi connectivity index (χ1v) is 10.5. The molecule has 0 aromatic heterocycles. The fourth-order valence-corrected chi connectivity index (χ4v) is 5.35. The molecule has 0 rings (SSSR count). The minimum absolute atomic E-state index is 0.304. The van der Waals surface area contributed by atoms with Crippen LogP contribution in [0.25, 0.3) is 0 Å². The van der Waals surface area contributed by atoms with Crippen LogP contribution in [0.3, 0.4) is 0 Å². The number of hydrogen-bond donors (Lipinski definition) is 0. The standard InChI is InChI=1S/C16H34OSi/c1-6-11-12-13-14-15-16(7-2)17-18(8-3,9-4)10-5/h7,16H,2,6,8-15H2,1,3-5H3. The Bertz CT molecular complexity index is 191. The molecule has 1 nitrogen and oxygen atoms in total. The Morgan fingerprint density at radius 2 is 1.50 bits per heavy atom. The Morgan fingerprint density at radius 1 is 0.944 bits per heavy atom. The lowest BCUT2D eigenvalue weighted by Gasteiger charge is -2.32. The van der Waals surface area contributed by atoms with E-state index < -0.39 is 8.32 Å². The molecule has 18 heavy (non-hydrogen) atoms. The van der Waals surface area contributed by atoms with Gasteiger partial charge in [0, 0.05) is 0 Å². The van der Waals surface area contributed by atoms with E-state index in [9.17, 15) is 0 Å². The van der Waals surface area contributed by atoms with Crippen LogP contribution in [0.4, 0.5) is 0 Å². The van der Waals surface area contributed by atoms with Crippen molar-refractivity contribution in [2.75, 3.05) is 0 Å². The van der Waals surface area contributed by atoms with E-state index in [-0.39, 0.29) is 0 Å². The first-order chi connectivity index (χ1) is 8.67. The highest BCUT2D eigenvalue weighted by Crippen LogP contribution is 2.25. The van der Waals surface area contributed by atoms with Gasteiger partial charge in [-0.3, -0.25) is 0 Å². The predicted octanol–water partition coefficient (Wildman–Crippen LogP) is 5.92.